The maximum Gasteiger partial charge on any atom is 0.326 e. The molecule has 0 spiro atoms. The summed E-state index contributed by atoms with van der Waals surface area (Å²) in [5.74, 6) is -5.86. The number of nitrogens with two attached hydrogens (primary N) is 8. The minimum absolute atomic E-state index is 0.0172. The fraction of sp³-hybridized carbons (Fsp3) is 0.690. The molecule has 0 fully saturated rings. The first-order chi connectivity index (χ1) is 25.0. The molecule has 0 aromatic rings. The van der Waals surface area contributed by atoms with Crippen LogP contribution in [-0.4, -0.2) is 133 Å². The minimum atomic E-state index is -1.56. The number of aliphatic imine (C=N–C) groups is 3. The van der Waals surface area contributed by atoms with Gasteiger partial charge in [-0.2, -0.15) is 0 Å². The van der Waals surface area contributed by atoms with E-state index in [1.54, 1.807) is 0 Å². The average Bonchev–Trinajstić information content (AvgIpc) is 3.09. The van der Waals surface area contributed by atoms with Crippen LogP contribution in [0.5, 0.6) is 0 Å². The van der Waals surface area contributed by atoms with Crippen molar-refractivity contribution >= 4 is 53.4 Å². The van der Waals surface area contributed by atoms with Gasteiger partial charge >= 0.3 is 5.97 Å². The highest BCUT2D eigenvalue weighted by Crippen LogP contribution is 2.06. The van der Waals surface area contributed by atoms with Gasteiger partial charge in [0, 0.05) is 19.6 Å². The molecule has 0 aromatic carbocycles. The zero-order chi connectivity index (χ0) is 40.3. The predicted molar refractivity (Wildman–Crippen MR) is 196 cm³/mol. The van der Waals surface area contributed by atoms with Gasteiger partial charge in [-0.15, -0.1) is 0 Å². The molecule has 23 N–H and O–H groups in total. The Labute approximate surface area is 307 Å². The van der Waals surface area contributed by atoms with E-state index in [2.05, 4.69) is 41.6 Å². The molecule has 0 rings (SSSR count). The molecule has 302 valence electrons. The topological polar surface area (TPSA) is 448 Å². The van der Waals surface area contributed by atoms with Gasteiger partial charge in [0.15, 0.2) is 17.9 Å². The van der Waals surface area contributed by atoms with Crippen LogP contribution >= 0.6 is 0 Å². The number of unbranched alkanes of at least 4 members (excludes halogenated alkanes) is 1. The van der Waals surface area contributed by atoms with Crippen LogP contribution < -0.4 is 72.5 Å². The van der Waals surface area contributed by atoms with Crippen molar-refractivity contribution in [3.63, 3.8) is 0 Å². The molecule has 0 aliphatic carbocycles. The summed E-state index contributed by atoms with van der Waals surface area (Å²) in [5, 5.41) is 31.4. The molecule has 5 atom stereocenters. The molecular weight excluding hydrogens is 700 g/mol. The summed E-state index contributed by atoms with van der Waals surface area (Å²) in [6, 6.07) is -6.29. The molecular formula is C29H58N16O8. The van der Waals surface area contributed by atoms with Crippen LogP contribution in [0.1, 0.15) is 57.8 Å². The average molecular weight is 759 g/mol. The van der Waals surface area contributed by atoms with E-state index in [0.717, 1.165) is 0 Å². The van der Waals surface area contributed by atoms with Gasteiger partial charge < -0.3 is 82.7 Å². The number of guanidine groups is 3. The van der Waals surface area contributed by atoms with Crippen molar-refractivity contribution in [1.29, 1.82) is 0 Å². The lowest BCUT2D eigenvalue weighted by molar-refractivity contribution is -0.142. The zero-order valence-electron chi connectivity index (χ0n) is 29.8. The molecule has 0 bridgehead atoms. The van der Waals surface area contributed by atoms with Crippen molar-refractivity contribution in [2.45, 2.75) is 88.0 Å². The van der Waals surface area contributed by atoms with Crippen LogP contribution in [0, 0.1) is 0 Å². The Bertz CT molecular complexity index is 1270. The van der Waals surface area contributed by atoms with Crippen LogP contribution in [0.4, 0.5) is 0 Å². The number of nitrogens with one attached hydrogen (secondary N) is 5. The maximum absolute atomic E-state index is 13.1. The van der Waals surface area contributed by atoms with E-state index >= 15 is 0 Å². The number of hydrogen-bond acceptors (Lipinski definition) is 12. The van der Waals surface area contributed by atoms with Gasteiger partial charge in [-0.25, -0.2) is 4.79 Å². The maximum atomic E-state index is 13.1. The second-order valence-electron chi connectivity index (χ2n) is 11.8. The molecule has 24 nitrogen and oxygen atoms in total. The quantitative estimate of drug-likeness (QED) is 0.0200. The Kier molecular flexibility index (Phi) is 24.4. The van der Waals surface area contributed by atoms with Gasteiger partial charge in [0.05, 0.1) is 19.2 Å². The summed E-state index contributed by atoms with van der Waals surface area (Å²) in [5.41, 5.74) is 43.3. The molecule has 24 heteroatoms. The third-order valence-electron chi connectivity index (χ3n) is 7.28. The molecule has 0 saturated heterocycles. The van der Waals surface area contributed by atoms with E-state index < -0.39 is 78.9 Å². The predicted octanol–water partition coefficient (Wildman–Crippen LogP) is -7.26. The van der Waals surface area contributed by atoms with Gasteiger partial charge in [-0.05, 0) is 64.3 Å². The molecule has 0 aromatic heterocycles. The third kappa shape index (κ3) is 22.8. The Morgan fingerprint density at radius 3 is 1.47 bits per heavy atom. The zero-order valence-corrected chi connectivity index (χ0v) is 29.8. The van der Waals surface area contributed by atoms with Crippen LogP contribution in [0.2, 0.25) is 0 Å². The van der Waals surface area contributed by atoms with E-state index in [0.29, 0.717) is 25.8 Å². The number of carbonyl (C=O) groups excluding carboxylic acids is 5. The van der Waals surface area contributed by atoms with Crippen LogP contribution in [0.25, 0.3) is 0 Å². The number of rotatable bonds is 28. The van der Waals surface area contributed by atoms with E-state index in [9.17, 15) is 39.0 Å². The lowest BCUT2D eigenvalue weighted by Crippen LogP contribution is -2.57. The Morgan fingerprint density at radius 2 is 0.981 bits per heavy atom. The number of aliphatic hydroxyl groups excluding tert-OH is 1. The standard InChI is InChI=1S/C29H58N16O8/c30-10-2-1-7-18(24(50)45-19(26(52)53)9-5-13-40-29(36)37)44-25(51)20(15-46)42-21(47)14-41-23(49)17(8-4-12-39-28(34)35)43-22(48)16(31)6-3-11-38-27(32)33/h16-20,46H,1-15,30-31H2,(H,41,49)(H,42,47)(H,43,48)(H,44,51)(H,45,50)(H,52,53)(H4,32,33,38)(H4,34,35,39)(H4,36,37,40). The van der Waals surface area contributed by atoms with E-state index in [1.165, 1.54) is 0 Å². The van der Waals surface area contributed by atoms with E-state index in [-0.39, 0.29) is 76.0 Å². The summed E-state index contributed by atoms with van der Waals surface area (Å²) in [6.45, 7) is -0.766. The van der Waals surface area contributed by atoms with Crippen molar-refractivity contribution in [2.24, 2.45) is 60.8 Å². The summed E-state index contributed by atoms with van der Waals surface area (Å²) in [6.07, 6.45) is 2.06. The Morgan fingerprint density at radius 1 is 0.547 bits per heavy atom. The monoisotopic (exact) mass is 758 g/mol. The lowest BCUT2D eigenvalue weighted by atomic mass is 10.1. The lowest BCUT2D eigenvalue weighted by Gasteiger charge is -2.24. The number of nitrogens with zero attached hydrogens (tertiary/aromatic N) is 3. The summed E-state index contributed by atoms with van der Waals surface area (Å²) in [7, 11) is 0. The molecule has 5 amide bonds. The highest BCUT2D eigenvalue weighted by atomic mass is 16.4. The van der Waals surface area contributed by atoms with Gasteiger partial charge in [-0.1, -0.05) is 0 Å². The molecule has 5 unspecified atom stereocenters. The first kappa shape index (κ1) is 47.5. The molecule has 0 aliphatic heterocycles. The van der Waals surface area contributed by atoms with Crippen molar-refractivity contribution in [1.82, 2.24) is 26.6 Å². The van der Waals surface area contributed by atoms with E-state index in [1.807, 2.05) is 0 Å². The summed E-state index contributed by atoms with van der Waals surface area (Å²) >= 11 is 0. The smallest absolute Gasteiger partial charge is 0.326 e. The van der Waals surface area contributed by atoms with Crippen LogP contribution in [0.3, 0.4) is 0 Å². The fourth-order valence-corrected chi connectivity index (χ4v) is 4.50. The van der Waals surface area contributed by atoms with Crippen LogP contribution in [0.15, 0.2) is 15.0 Å². The largest absolute Gasteiger partial charge is 0.480 e. The van der Waals surface area contributed by atoms with Crippen molar-refractivity contribution in [2.75, 3.05) is 39.3 Å². The van der Waals surface area contributed by atoms with Gasteiger partial charge in [0.25, 0.3) is 0 Å². The highest BCUT2D eigenvalue weighted by molar-refractivity contribution is 5.95. The number of aliphatic hydroxyl groups is 1. The minimum Gasteiger partial charge on any atom is -0.480 e. The van der Waals surface area contributed by atoms with E-state index in [4.69, 9.17) is 45.9 Å². The van der Waals surface area contributed by atoms with Crippen molar-refractivity contribution in [3.8, 4) is 0 Å². The number of carbonyl (C=O) groups is 6. The Balaban J connectivity index is 5.49. The van der Waals surface area contributed by atoms with Gasteiger partial charge in [0.1, 0.15) is 24.2 Å². The normalized spacial score (nSPS) is 13.4. The summed E-state index contributed by atoms with van der Waals surface area (Å²) in [4.78, 5) is 87.8. The number of amides is 5. The molecule has 0 aliphatic rings. The number of carboxylic acids is 1. The van der Waals surface area contributed by atoms with Crippen LogP contribution in [-0.2, 0) is 28.8 Å². The van der Waals surface area contributed by atoms with Gasteiger partial charge in [-0.3, -0.25) is 38.9 Å². The Hall–Kier alpha value is -5.49. The second-order valence-corrected chi connectivity index (χ2v) is 11.8. The fourth-order valence-electron chi connectivity index (χ4n) is 4.50. The molecule has 0 radical (unpaired) electrons. The second kappa shape index (κ2) is 27.2. The van der Waals surface area contributed by atoms with Crippen molar-refractivity contribution in [3.05, 3.63) is 0 Å². The number of aliphatic carboxylic acids is 1. The third-order valence-corrected chi connectivity index (χ3v) is 7.28. The molecule has 53 heavy (non-hydrogen) atoms. The van der Waals surface area contributed by atoms with Gasteiger partial charge in [0.2, 0.25) is 29.5 Å². The highest BCUT2D eigenvalue weighted by Gasteiger charge is 2.30. The number of carboxylic acid groups (broad SMARTS) is 1. The first-order valence-electron chi connectivity index (χ1n) is 17.0. The SMILES string of the molecule is NCCCCC(NC(=O)C(CO)NC(=O)CNC(=O)C(CCCN=C(N)N)NC(=O)C(N)CCCN=C(N)N)C(=O)NC(CCCN=C(N)N)C(=O)O. The first-order valence-corrected chi connectivity index (χ1v) is 17.0. The van der Waals surface area contributed by atoms with Crippen molar-refractivity contribution < 1.29 is 39.0 Å². The number of hydrogen-bond donors (Lipinski definition) is 15. The molecule has 0 heterocycles. The molecule has 0 saturated carbocycles. The summed E-state index contributed by atoms with van der Waals surface area (Å²) < 4.78 is 0.